The van der Waals surface area contributed by atoms with Crippen molar-refractivity contribution in [2.45, 2.75) is 36.9 Å². The van der Waals surface area contributed by atoms with Gasteiger partial charge >= 0.3 is 12.1 Å². The number of carbonyl (C=O) groups is 4. The number of nitrogens with one attached hydrogen (secondary N) is 2. The van der Waals surface area contributed by atoms with Crippen LogP contribution in [0.5, 0.6) is 0 Å². The molecule has 3 atom stereocenters. The first-order chi connectivity index (χ1) is 16.4. The van der Waals surface area contributed by atoms with Gasteiger partial charge in [0.15, 0.2) is 12.1 Å². The van der Waals surface area contributed by atoms with Crippen molar-refractivity contribution in [3.63, 3.8) is 0 Å². The lowest BCUT2D eigenvalue weighted by molar-refractivity contribution is -0.155. The fourth-order valence-corrected chi connectivity index (χ4v) is 4.84. The topological polar surface area (TPSA) is 134 Å². The minimum atomic E-state index is -1.32. The van der Waals surface area contributed by atoms with Gasteiger partial charge in [0.2, 0.25) is 5.91 Å². The largest absolute Gasteiger partial charge is 0.480 e. The van der Waals surface area contributed by atoms with Crippen molar-refractivity contribution in [2.75, 3.05) is 13.2 Å². The lowest BCUT2D eigenvalue weighted by atomic mass is 9.98. The van der Waals surface area contributed by atoms with Gasteiger partial charge in [-0.2, -0.15) is 0 Å². The number of rotatable bonds is 5. The lowest BCUT2D eigenvalue weighted by Gasteiger charge is -2.26. The van der Waals surface area contributed by atoms with E-state index < -0.39 is 42.1 Å². The summed E-state index contributed by atoms with van der Waals surface area (Å²) >= 11 is 0. The predicted molar refractivity (Wildman–Crippen MR) is 117 cm³/mol. The summed E-state index contributed by atoms with van der Waals surface area (Å²) in [5.41, 5.74) is 6.65. The highest BCUT2D eigenvalue weighted by Crippen LogP contribution is 2.44. The Hall–Kier alpha value is -3.92. The average molecular weight is 465 g/mol. The van der Waals surface area contributed by atoms with Crippen LogP contribution in [-0.2, 0) is 23.9 Å². The Labute approximate surface area is 194 Å². The maximum atomic E-state index is 12.9. The van der Waals surface area contributed by atoms with Crippen molar-refractivity contribution in [3.8, 4) is 11.1 Å². The highest BCUT2D eigenvalue weighted by Gasteiger charge is 2.46. The second-order valence-corrected chi connectivity index (χ2v) is 8.46. The number of fused-ring (bicyclic) bond motifs is 3. The number of carboxylic acid groups (broad SMARTS) is 1. The number of ether oxygens (including phenoxy) is 2. The zero-order valence-corrected chi connectivity index (χ0v) is 18.1. The molecule has 2 fully saturated rings. The number of carboxylic acids is 1. The van der Waals surface area contributed by atoms with Crippen LogP contribution < -0.4 is 10.7 Å². The maximum Gasteiger partial charge on any atom is 0.407 e. The van der Waals surface area contributed by atoms with Crippen molar-refractivity contribution in [1.82, 2.24) is 15.8 Å². The minimum Gasteiger partial charge on any atom is -0.480 e. The molecule has 0 radical (unpaired) electrons. The second-order valence-electron chi connectivity index (χ2n) is 8.46. The molecule has 0 bridgehead atoms. The number of aliphatic carboxylic acids is 1. The molecule has 34 heavy (non-hydrogen) atoms. The molecule has 2 aromatic carbocycles. The quantitative estimate of drug-likeness (QED) is 0.608. The number of benzene rings is 2. The fourth-order valence-electron chi connectivity index (χ4n) is 4.84. The van der Waals surface area contributed by atoms with E-state index >= 15 is 0 Å². The van der Waals surface area contributed by atoms with Crippen LogP contribution in [0.15, 0.2) is 48.5 Å². The molecule has 10 nitrogen and oxygen atoms in total. The summed E-state index contributed by atoms with van der Waals surface area (Å²) in [6.45, 7) is 0.319. The first-order valence-electron chi connectivity index (χ1n) is 11.0. The number of hydrazine groups is 1. The number of carbonyl (C=O) groups excluding carboxylic acids is 3. The third kappa shape index (κ3) is 3.86. The summed E-state index contributed by atoms with van der Waals surface area (Å²) in [4.78, 5) is 48.5. The normalized spacial score (nSPS) is 23.2. The molecule has 2 saturated heterocycles. The first-order valence-corrected chi connectivity index (χ1v) is 11.0. The van der Waals surface area contributed by atoms with Gasteiger partial charge < -0.3 is 19.9 Å². The minimum absolute atomic E-state index is 0.105. The molecular formula is C24H23N3O7. The van der Waals surface area contributed by atoms with Gasteiger partial charge in [0, 0.05) is 12.5 Å². The molecule has 0 spiro atoms. The van der Waals surface area contributed by atoms with Gasteiger partial charge in [-0.15, -0.1) is 0 Å². The van der Waals surface area contributed by atoms with E-state index in [1.54, 1.807) is 0 Å². The third-order valence-electron chi connectivity index (χ3n) is 6.44. The number of alkyl carbamates (subject to hydrolysis) is 1. The summed E-state index contributed by atoms with van der Waals surface area (Å²) in [6, 6.07) is 13.9. The molecule has 2 heterocycles. The highest BCUT2D eigenvalue weighted by molar-refractivity contribution is 5.95. The van der Waals surface area contributed by atoms with Crippen LogP contribution >= 0.6 is 0 Å². The summed E-state index contributed by atoms with van der Waals surface area (Å²) in [5, 5.41) is 12.7. The van der Waals surface area contributed by atoms with Crippen LogP contribution in [0.25, 0.3) is 11.1 Å². The second kappa shape index (κ2) is 8.79. The van der Waals surface area contributed by atoms with E-state index in [1.165, 1.54) is 0 Å². The van der Waals surface area contributed by atoms with Gasteiger partial charge in [-0.05, 0) is 28.7 Å². The first kappa shape index (κ1) is 21.9. The molecule has 2 aromatic rings. The van der Waals surface area contributed by atoms with Gasteiger partial charge in [-0.25, -0.2) is 14.6 Å². The van der Waals surface area contributed by atoms with Gasteiger partial charge in [-0.3, -0.25) is 15.0 Å². The third-order valence-corrected chi connectivity index (χ3v) is 6.44. The molecule has 10 heteroatoms. The molecule has 1 unspecified atom stereocenters. The van der Waals surface area contributed by atoms with E-state index in [-0.39, 0.29) is 25.6 Å². The van der Waals surface area contributed by atoms with E-state index in [2.05, 4.69) is 10.7 Å². The smallest absolute Gasteiger partial charge is 0.407 e. The van der Waals surface area contributed by atoms with Crippen LogP contribution in [0, 0.1) is 0 Å². The van der Waals surface area contributed by atoms with E-state index in [0.29, 0.717) is 6.42 Å². The Kier molecular flexibility index (Phi) is 5.66. The van der Waals surface area contributed by atoms with Crippen molar-refractivity contribution >= 4 is 23.9 Å². The Bertz CT molecular complexity index is 1120. The Balaban J connectivity index is 1.23. The van der Waals surface area contributed by atoms with Crippen LogP contribution in [0.4, 0.5) is 4.79 Å². The Morgan fingerprint density at radius 2 is 1.74 bits per heavy atom. The van der Waals surface area contributed by atoms with E-state index in [4.69, 9.17) is 9.47 Å². The van der Waals surface area contributed by atoms with Crippen LogP contribution in [0.2, 0.25) is 0 Å². The molecule has 3 N–H and O–H groups in total. The maximum absolute atomic E-state index is 12.9. The Morgan fingerprint density at radius 1 is 1.09 bits per heavy atom. The number of hydrogen-bond donors (Lipinski definition) is 3. The molecule has 1 aliphatic carbocycles. The predicted octanol–water partition coefficient (Wildman–Crippen LogP) is 1.40. The SMILES string of the molecule is O=C1CC(C(=O)O)N(C(=O)[C@@H]2OCC[C@@H]2NC(=O)OCC2c3ccccc3-c3ccccc32)N1. The number of amides is 3. The molecule has 0 saturated carbocycles. The van der Waals surface area contributed by atoms with Gasteiger partial charge in [-0.1, -0.05) is 48.5 Å². The summed E-state index contributed by atoms with van der Waals surface area (Å²) in [6.07, 6.45) is -1.81. The van der Waals surface area contributed by atoms with Crippen molar-refractivity contribution in [2.24, 2.45) is 0 Å². The standard InChI is InChI=1S/C24H23N3O7/c28-20-11-19(23(30)31)27(26-20)22(29)21-18(9-10-33-21)25-24(32)34-12-17-15-7-3-1-5-13(15)14-6-2-4-8-16(14)17/h1-8,17-19,21H,9-12H2,(H,25,32)(H,26,28)(H,30,31)/t18-,19?,21+/m0/s1. The zero-order chi connectivity index (χ0) is 23.8. The Morgan fingerprint density at radius 3 is 2.38 bits per heavy atom. The molecule has 3 aliphatic rings. The van der Waals surface area contributed by atoms with E-state index in [9.17, 15) is 24.3 Å². The monoisotopic (exact) mass is 465 g/mol. The van der Waals surface area contributed by atoms with Crippen LogP contribution in [-0.4, -0.2) is 65.4 Å². The molecular weight excluding hydrogens is 442 g/mol. The average Bonchev–Trinajstić information content (AvgIpc) is 3.53. The van der Waals surface area contributed by atoms with Crippen molar-refractivity contribution in [1.29, 1.82) is 0 Å². The van der Waals surface area contributed by atoms with Gasteiger partial charge in [0.1, 0.15) is 6.61 Å². The van der Waals surface area contributed by atoms with Crippen molar-refractivity contribution < 1.29 is 33.8 Å². The highest BCUT2D eigenvalue weighted by atomic mass is 16.6. The zero-order valence-electron chi connectivity index (χ0n) is 18.1. The van der Waals surface area contributed by atoms with Crippen LogP contribution in [0.1, 0.15) is 29.9 Å². The molecule has 0 aromatic heterocycles. The molecule has 2 aliphatic heterocycles. The molecule has 3 amide bonds. The van der Waals surface area contributed by atoms with E-state index in [0.717, 1.165) is 27.3 Å². The number of hydrogen-bond acceptors (Lipinski definition) is 6. The summed E-state index contributed by atoms with van der Waals surface area (Å²) in [7, 11) is 0. The summed E-state index contributed by atoms with van der Waals surface area (Å²) < 4.78 is 11.0. The van der Waals surface area contributed by atoms with Gasteiger partial charge in [0.25, 0.3) is 5.91 Å². The molecule has 176 valence electrons. The molecule has 5 rings (SSSR count). The van der Waals surface area contributed by atoms with Gasteiger partial charge in [0.05, 0.1) is 12.5 Å². The summed E-state index contributed by atoms with van der Waals surface area (Å²) in [5.74, 6) is -2.70. The lowest BCUT2D eigenvalue weighted by Crippen LogP contribution is -2.55. The van der Waals surface area contributed by atoms with Crippen molar-refractivity contribution in [3.05, 3.63) is 59.7 Å². The van der Waals surface area contributed by atoms with E-state index in [1.807, 2.05) is 48.5 Å². The fraction of sp³-hybridized carbons (Fsp3) is 0.333. The van der Waals surface area contributed by atoms with Crippen LogP contribution in [0.3, 0.4) is 0 Å². The number of nitrogens with zero attached hydrogens (tertiary/aromatic N) is 1.